The third-order valence-electron chi connectivity index (χ3n) is 1.65. The molecule has 4 nitrogen and oxygen atoms in total. The quantitative estimate of drug-likeness (QED) is 0.810. The summed E-state index contributed by atoms with van der Waals surface area (Å²) in [5.41, 5.74) is 4.69. The SMILES string of the molecule is Cl.NCc1c(F)cc(S(N)(=O)=O)cc1F. The summed E-state index contributed by atoms with van der Waals surface area (Å²) in [5.74, 6) is -2.03. The molecule has 1 aromatic carbocycles. The standard InChI is InChI=1S/C7H8F2N2O2S.ClH/c8-6-1-4(14(11,12)13)2-7(9)5(6)3-10;/h1-2H,3,10H2,(H2,11,12,13);1H. The highest BCUT2D eigenvalue weighted by Crippen LogP contribution is 2.17. The highest BCUT2D eigenvalue weighted by atomic mass is 35.5. The van der Waals surface area contributed by atoms with Crippen LogP contribution in [0.4, 0.5) is 8.78 Å². The van der Waals surface area contributed by atoms with Gasteiger partial charge in [-0.3, -0.25) is 0 Å². The van der Waals surface area contributed by atoms with Crippen molar-refractivity contribution < 1.29 is 17.2 Å². The van der Waals surface area contributed by atoms with Crippen molar-refractivity contribution in [1.29, 1.82) is 0 Å². The summed E-state index contributed by atoms with van der Waals surface area (Å²) in [7, 11) is -4.09. The lowest BCUT2D eigenvalue weighted by molar-refractivity contribution is 0.546. The van der Waals surface area contributed by atoms with Crippen molar-refractivity contribution in [2.75, 3.05) is 0 Å². The Morgan fingerprint density at radius 1 is 1.20 bits per heavy atom. The van der Waals surface area contributed by atoms with Crippen molar-refractivity contribution in [2.45, 2.75) is 11.4 Å². The minimum Gasteiger partial charge on any atom is -0.326 e. The molecule has 0 aliphatic carbocycles. The van der Waals surface area contributed by atoms with Crippen LogP contribution >= 0.6 is 12.4 Å². The molecule has 86 valence electrons. The van der Waals surface area contributed by atoms with E-state index in [0.29, 0.717) is 12.1 Å². The van der Waals surface area contributed by atoms with Crippen LogP contribution in [-0.4, -0.2) is 8.42 Å². The van der Waals surface area contributed by atoms with E-state index >= 15 is 0 Å². The van der Waals surface area contributed by atoms with E-state index in [4.69, 9.17) is 10.9 Å². The minimum atomic E-state index is -4.09. The highest BCUT2D eigenvalue weighted by Gasteiger charge is 2.15. The van der Waals surface area contributed by atoms with E-state index in [-0.39, 0.29) is 24.5 Å². The van der Waals surface area contributed by atoms with Crippen LogP contribution < -0.4 is 10.9 Å². The second-order valence-electron chi connectivity index (χ2n) is 2.61. The number of hydrogen-bond donors (Lipinski definition) is 2. The Bertz CT molecular complexity index is 441. The van der Waals surface area contributed by atoms with Gasteiger partial charge in [0.05, 0.1) is 4.90 Å². The first-order chi connectivity index (χ1) is 6.36. The van der Waals surface area contributed by atoms with Crippen molar-refractivity contribution in [1.82, 2.24) is 0 Å². The van der Waals surface area contributed by atoms with Gasteiger partial charge in [-0.2, -0.15) is 0 Å². The molecule has 0 aliphatic heterocycles. The van der Waals surface area contributed by atoms with E-state index in [2.05, 4.69) is 0 Å². The summed E-state index contributed by atoms with van der Waals surface area (Å²) in [6.07, 6.45) is 0. The third kappa shape index (κ3) is 3.10. The normalized spacial score (nSPS) is 10.9. The average Bonchev–Trinajstić information content (AvgIpc) is 2.01. The van der Waals surface area contributed by atoms with Gasteiger partial charge in [-0.05, 0) is 12.1 Å². The van der Waals surface area contributed by atoms with Crippen LogP contribution in [0.5, 0.6) is 0 Å². The third-order valence-corrected chi connectivity index (χ3v) is 2.54. The van der Waals surface area contributed by atoms with Crippen LogP contribution in [0.1, 0.15) is 5.56 Å². The Morgan fingerprint density at radius 2 is 1.60 bits per heavy atom. The van der Waals surface area contributed by atoms with Gasteiger partial charge in [-0.1, -0.05) is 0 Å². The molecule has 0 radical (unpaired) electrons. The monoisotopic (exact) mass is 258 g/mol. The smallest absolute Gasteiger partial charge is 0.238 e. The molecule has 0 amide bonds. The maximum absolute atomic E-state index is 13.0. The molecule has 0 fully saturated rings. The predicted molar refractivity (Wildman–Crippen MR) is 52.9 cm³/mol. The molecule has 0 saturated carbocycles. The van der Waals surface area contributed by atoms with Crippen molar-refractivity contribution in [3.05, 3.63) is 29.3 Å². The van der Waals surface area contributed by atoms with E-state index < -0.39 is 26.6 Å². The Morgan fingerprint density at radius 3 is 1.87 bits per heavy atom. The summed E-state index contributed by atoms with van der Waals surface area (Å²) >= 11 is 0. The molecule has 0 bridgehead atoms. The molecule has 0 spiro atoms. The molecule has 0 aliphatic rings. The van der Waals surface area contributed by atoms with Crippen LogP contribution in [0.3, 0.4) is 0 Å². The Kier molecular flexibility index (Phi) is 4.60. The van der Waals surface area contributed by atoms with Crippen LogP contribution in [0.15, 0.2) is 17.0 Å². The fraction of sp³-hybridized carbons (Fsp3) is 0.143. The number of nitrogens with two attached hydrogens (primary N) is 2. The molecule has 1 aromatic rings. The van der Waals surface area contributed by atoms with E-state index in [9.17, 15) is 17.2 Å². The molecule has 0 unspecified atom stereocenters. The number of benzene rings is 1. The highest BCUT2D eigenvalue weighted by molar-refractivity contribution is 7.89. The maximum atomic E-state index is 13.0. The number of primary sulfonamides is 1. The minimum absolute atomic E-state index is 0. The zero-order chi connectivity index (χ0) is 10.9. The summed E-state index contributed by atoms with van der Waals surface area (Å²) in [6.45, 7) is -0.345. The van der Waals surface area contributed by atoms with Gasteiger partial charge in [0.25, 0.3) is 0 Å². The lowest BCUT2D eigenvalue weighted by Crippen LogP contribution is -2.14. The van der Waals surface area contributed by atoms with E-state index in [1.165, 1.54) is 0 Å². The largest absolute Gasteiger partial charge is 0.326 e. The van der Waals surface area contributed by atoms with Crippen molar-refractivity contribution >= 4 is 22.4 Å². The summed E-state index contributed by atoms with van der Waals surface area (Å²) < 4.78 is 47.5. The van der Waals surface area contributed by atoms with Gasteiger partial charge < -0.3 is 5.73 Å². The summed E-state index contributed by atoms with van der Waals surface area (Å²) in [6, 6.07) is 1.28. The lowest BCUT2D eigenvalue weighted by atomic mass is 10.2. The second kappa shape index (κ2) is 4.84. The fourth-order valence-corrected chi connectivity index (χ4v) is 1.47. The molecule has 15 heavy (non-hydrogen) atoms. The molecular formula is C7H9ClF2N2O2S. The first-order valence-corrected chi connectivity index (χ1v) is 5.11. The van der Waals surface area contributed by atoms with E-state index in [1.54, 1.807) is 0 Å². The van der Waals surface area contributed by atoms with Crippen LogP contribution in [0.25, 0.3) is 0 Å². The van der Waals surface area contributed by atoms with Gasteiger partial charge in [0.2, 0.25) is 10.0 Å². The Balaban J connectivity index is 0.00000196. The van der Waals surface area contributed by atoms with Gasteiger partial charge in [-0.15, -0.1) is 12.4 Å². The zero-order valence-electron chi connectivity index (χ0n) is 7.41. The van der Waals surface area contributed by atoms with Gasteiger partial charge in [0, 0.05) is 12.1 Å². The van der Waals surface area contributed by atoms with Crippen LogP contribution in [0, 0.1) is 11.6 Å². The lowest BCUT2D eigenvalue weighted by Gasteiger charge is -2.04. The van der Waals surface area contributed by atoms with E-state index in [0.717, 1.165) is 0 Å². The van der Waals surface area contributed by atoms with Crippen molar-refractivity contribution in [3.63, 3.8) is 0 Å². The maximum Gasteiger partial charge on any atom is 0.238 e. The van der Waals surface area contributed by atoms with E-state index in [1.807, 2.05) is 0 Å². The fourth-order valence-electron chi connectivity index (χ4n) is 0.939. The van der Waals surface area contributed by atoms with Gasteiger partial charge in [-0.25, -0.2) is 22.3 Å². The Labute approximate surface area is 91.7 Å². The van der Waals surface area contributed by atoms with Crippen LogP contribution in [-0.2, 0) is 16.6 Å². The first-order valence-electron chi connectivity index (χ1n) is 3.57. The molecule has 1 rings (SSSR count). The van der Waals surface area contributed by atoms with Crippen molar-refractivity contribution in [3.8, 4) is 0 Å². The predicted octanol–water partition coefficient (Wildman–Crippen LogP) is 0.493. The summed E-state index contributed by atoms with van der Waals surface area (Å²) in [4.78, 5) is -0.607. The zero-order valence-corrected chi connectivity index (χ0v) is 9.04. The molecular weight excluding hydrogens is 250 g/mol. The molecule has 0 heterocycles. The van der Waals surface area contributed by atoms with Crippen LogP contribution in [0.2, 0.25) is 0 Å². The molecule has 4 N–H and O–H groups in total. The topological polar surface area (TPSA) is 86.2 Å². The summed E-state index contributed by atoms with van der Waals surface area (Å²) in [5, 5.41) is 4.69. The van der Waals surface area contributed by atoms with Crippen molar-refractivity contribution in [2.24, 2.45) is 10.9 Å². The van der Waals surface area contributed by atoms with Gasteiger partial charge >= 0.3 is 0 Å². The Hall–Kier alpha value is -0.760. The number of sulfonamides is 1. The number of hydrogen-bond acceptors (Lipinski definition) is 3. The first kappa shape index (κ1) is 14.2. The van der Waals surface area contributed by atoms with Gasteiger partial charge in [0.1, 0.15) is 11.6 Å². The second-order valence-corrected chi connectivity index (χ2v) is 4.18. The number of halogens is 3. The molecule has 0 atom stereocenters. The molecule has 0 aromatic heterocycles. The molecule has 0 saturated heterocycles. The van der Waals surface area contributed by atoms with Gasteiger partial charge in [0.15, 0.2) is 0 Å². The molecule has 8 heteroatoms. The average molecular weight is 259 g/mol. The number of rotatable bonds is 2.